The number of halogens is 1. The maximum atomic E-state index is 8.88. The van der Waals surface area contributed by atoms with Crippen LogP contribution in [0.3, 0.4) is 0 Å². The minimum Gasteiger partial charge on any atom is -0.325 e. The molecule has 1 heterocycles. The highest BCUT2D eigenvalue weighted by Crippen LogP contribution is 2.31. The molecule has 0 aliphatic rings. The van der Waals surface area contributed by atoms with Crippen molar-refractivity contribution in [1.82, 2.24) is 9.78 Å². The van der Waals surface area contributed by atoms with Crippen LogP contribution in [0.15, 0.2) is 30.3 Å². The molecular weight excluding hydrogens is 272 g/mol. The van der Waals surface area contributed by atoms with Crippen LogP contribution >= 0.6 is 11.6 Å². The van der Waals surface area contributed by atoms with Crippen molar-refractivity contribution in [2.75, 3.05) is 11.4 Å². The third kappa shape index (κ3) is 2.78. The van der Waals surface area contributed by atoms with Crippen LogP contribution in [-0.4, -0.2) is 16.3 Å². The summed E-state index contributed by atoms with van der Waals surface area (Å²) in [7, 11) is 1.90. The van der Waals surface area contributed by atoms with Crippen LogP contribution in [0.4, 0.5) is 11.5 Å². The number of nitriles is 1. The van der Waals surface area contributed by atoms with Gasteiger partial charge >= 0.3 is 0 Å². The first-order valence-corrected chi connectivity index (χ1v) is 7.00. The molecule has 0 atom stereocenters. The summed E-state index contributed by atoms with van der Waals surface area (Å²) in [6, 6.07) is 12.2. The zero-order valence-electron chi connectivity index (χ0n) is 11.7. The molecule has 0 saturated carbocycles. The van der Waals surface area contributed by atoms with Crippen LogP contribution in [0.1, 0.15) is 17.7 Å². The minimum absolute atomic E-state index is 0.408. The molecule has 2 rings (SSSR count). The smallest absolute Gasteiger partial charge is 0.135 e. The predicted octanol–water partition coefficient (Wildman–Crippen LogP) is 3.52. The van der Waals surface area contributed by atoms with Crippen molar-refractivity contribution >= 4 is 23.1 Å². The topological polar surface area (TPSA) is 44.9 Å². The van der Waals surface area contributed by atoms with Gasteiger partial charge in [0.1, 0.15) is 5.82 Å². The molecule has 2 aromatic rings. The first-order chi connectivity index (χ1) is 9.69. The second kappa shape index (κ2) is 6.44. The number of aryl methyl sites for hydroxylation is 2. The quantitative estimate of drug-likeness (QED) is 0.791. The summed E-state index contributed by atoms with van der Waals surface area (Å²) in [6.45, 7) is 2.57. The number of hydrogen-bond donors (Lipinski definition) is 0. The van der Waals surface area contributed by atoms with E-state index in [4.69, 9.17) is 16.9 Å². The lowest BCUT2D eigenvalue weighted by atomic mass is 10.2. The molecule has 0 N–H and O–H groups in total. The molecule has 0 saturated heterocycles. The van der Waals surface area contributed by atoms with Crippen molar-refractivity contribution in [1.29, 1.82) is 5.26 Å². The normalized spacial score (nSPS) is 10.3. The highest BCUT2D eigenvalue weighted by molar-refractivity contribution is 6.17. The van der Waals surface area contributed by atoms with Crippen LogP contribution in [0.2, 0.25) is 0 Å². The number of aromatic nitrogens is 2. The number of nitrogens with zero attached hydrogens (tertiary/aromatic N) is 4. The van der Waals surface area contributed by atoms with Gasteiger partial charge in [-0.3, -0.25) is 4.68 Å². The Morgan fingerprint density at radius 1 is 1.35 bits per heavy atom. The van der Waals surface area contributed by atoms with E-state index in [2.05, 4.69) is 16.1 Å². The SMILES string of the molecule is Cc1nn(C)c(N(CCC#N)c2ccccc2)c1CCl. The standard InChI is InChI=1S/C15H17ClN4/c1-12-14(11-16)15(19(2)18-12)20(10-6-9-17)13-7-4-3-5-8-13/h3-5,7-8H,6,10-11H2,1-2H3. The largest absolute Gasteiger partial charge is 0.325 e. The van der Waals surface area contributed by atoms with E-state index in [-0.39, 0.29) is 0 Å². The van der Waals surface area contributed by atoms with Gasteiger partial charge < -0.3 is 4.90 Å². The van der Waals surface area contributed by atoms with Gasteiger partial charge in [0, 0.05) is 24.8 Å². The highest BCUT2D eigenvalue weighted by Gasteiger charge is 2.19. The average molecular weight is 289 g/mol. The summed E-state index contributed by atoms with van der Waals surface area (Å²) < 4.78 is 1.83. The van der Waals surface area contributed by atoms with Crippen LogP contribution < -0.4 is 4.90 Å². The number of anilines is 2. The molecule has 0 aliphatic heterocycles. The maximum Gasteiger partial charge on any atom is 0.135 e. The van der Waals surface area contributed by atoms with E-state index in [9.17, 15) is 0 Å². The predicted molar refractivity (Wildman–Crippen MR) is 81.2 cm³/mol. The third-order valence-corrected chi connectivity index (χ3v) is 3.48. The molecule has 104 valence electrons. The van der Waals surface area contributed by atoms with Crippen LogP contribution in [0.25, 0.3) is 0 Å². The van der Waals surface area contributed by atoms with Crippen LogP contribution in [0.5, 0.6) is 0 Å². The van der Waals surface area contributed by atoms with Gasteiger partial charge in [-0.15, -0.1) is 11.6 Å². The van der Waals surface area contributed by atoms with E-state index in [1.807, 2.05) is 49.0 Å². The average Bonchev–Trinajstić information content (AvgIpc) is 2.75. The van der Waals surface area contributed by atoms with Crippen molar-refractivity contribution in [3.8, 4) is 6.07 Å². The zero-order valence-corrected chi connectivity index (χ0v) is 12.4. The number of hydrogen-bond acceptors (Lipinski definition) is 3. The van der Waals surface area contributed by atoms with Crippen molar-refractivity contribution in [2.45, 2.75) is 19.2 Å². The molecule has 0 radical (unpaired) electrons. The molecule has 0 fully saturated rings. The summed E-state index contributed by atoms with van der Waals surface area (Å²) in [5, 5.41) is 13.3. The second-order valence-electron chi connectivity index (χ2n) is 4.54. The van der Waals surface area contributed by atoms with Gasteiger partial charge in [0.25, 0.3) is 0 Å². The molecule has 0 bridgehead atoms. The van der Waals surface area contributed by atoms with E-state index in [1.165, 1.54) is 0 Å². The molecule has 5 heteroatoms. The van der Waals surface area contributed by atoms with Crippen molar-refractivity contribution < 1.29 is 0 Å². The first kappa shape index (κ1) is 14.4. The Morgan fingerprint density at radius 2 is 2.05 bits per heavy atom. The van der Waals surface area contributed by atoms with Gasteiger partial charge in [0.05, 0.1) is 24.1 Å². The van der Waals surface area contributed by atoms with E-state index in [1.54, 1.807) is 0 Å². The molecule has 0 amide bonds. The number of benzene rings is 1. The van der Waals surface area contributed by atoms with Crippen molar-refractivity contribution in [3.63, 3.8) is 0 Å². The lowest BCUT2D eigenvalue weighted by molar-refractivity contribution is 0.737. The third-order valence-electron chi connectivity index (χ3n) is 3.22. The van der Waals surface area contributed by atoms with Crippen molar-refractivity contribution in [3.05, 3.63) is 41.6 Å². The molecular formula is C15H17ClN4. The van der Waals surface area contributed by atoms with E-state index < -0.39 is 0 Å². The lowest BCUT2D eigenvalue weighted by Gasteiger charge is -2.25. The van der Waals surface area contributed by atoms with Crippen LogP contribution in [-0.2, 0) is 12.9 Å². The first-order valence-electron chi connectivity index (χ1n) is 6.47. The molecule has 0 spiro atoms. The molecule has 0 unspecified atom stereocenters. The molecule has 20 heavy (non-hydrogen) atoms. The Morgan fingerprint density at radius 3 is 2.65 bits per heavy atom. The van der Waals surface area contributed by atoms with Gasteiger partial charge in [-0.25, -0.2) is 0 Å². The number of alkyl halides is 1. The van der Waals surface area contributed by atoms with Crippen LogP contribution in [0, 0.1) is 18.3 Å². The molecule has 4 nitrogen and oxygen atoms in total. The Balaban J connectivity index is 2.50. The minimum atomic E-state index is 0.408. The summed E-state index contributed by atoms with van der Waals surface area (Å²) in [5.74, 6) is 1.36. The summed E-state index contributed by atoms with van der Waals surface area (Å²) in [6.07, 6.45) is 0.445. The van der Waals surface area contributed by atoms with Gasteiger partial charge in [0.15, 0.2) is 0 Å². The van der Waals surface area contributed by atoms with Gasteiger partial charge in [-0.2, -0.15) is 10.4 Å². The highest BCUT2D eigenvalue weighted by atomic mass is 35.5. The molecule has 0 aliphatic carbocycles. The maximum absolute atomic E-state index is 8.88. The van der Waals surface area contributed by atoms with E-state index in [0.29, 0.717) is 18.8 Å². The fourth-order valence-electron chi connectivity index (χ4n) is 2.31. The number of para-hydroxylation sites is 1. The number of rotatable bonds is 5. The van der Waals surface area contributed by atoms with Crippen molar-refractivity contribution in [2.24, 2.45) is 7.05 Å². The Kier molecular flexibility index (Phi) is 4.65. The lowest BCUT2D eigenvalue weighted by Crippen LogP contribution is -2.22. The summed E-state index contributed by atoms with van der Waals surface area (Å²) in [4.78, 5) is 2.10. The fourth-order valence-corrected chi connectivity index (χ4v) is 2.62. The summed E-state index contributed by atoms with van der Waals surface area (Å²) >= 11 is 6.07. The molecule has 1 aromatic carbocycles. The fraction of sp³-hybridized carbons (Fsp3) is 0.333. The Bertz CT molecular complexity index is 613. The second-order valence-corrected chi connectivity index (χ2v) is 4.81. The molecule has 1 aromatic heterocycles. The van der Waals surface area contributed by atoms with Gasteiger partial charge in [-0.05, 0) is 19.1 Å². The van der Waals surface area contributed by atoms with E-state index in [0.717, 1.165) is 22.8 Å². The van der Waals surface area contributed by atoms with Gasteiger partial charge in [0.2, 0.25) is 0 Å². The van der Waals surface area contributed by atoms with Gasteiger partial charge in [-0.1, -0.05) is 18.2 Å². The zero-order chi connectivity index (χ0) is 14.5. The monoisotopic (exact) mass is 288 g/mol. The van der Waals surface area contributed by atoms with E-state index >= 15 is 0 Å². The Labute approximate surface area is 124 Å². The summed E-state index contributed by atoms with van der Waals surface area (Å²) in [5.41, 5.74) is 2.98. The Hall–Kier alpha value is -1.99.